The van der Waals surface area contributed by atoms with Crippen LogP contribution in [-0.4, -0.2) is 29.3 Å². The number of amides is 2. The molecule has 26 heavy (non-hydrogen) atoms. The quantitative estimate of drug-likeness (QED) is 0.463. The normalized spacial score (nSPS) is 10.8. The highest BCUT2D eigenvalue weighted by molar-refractivity contribution is 7.80. The van der Waals surface area contributed by atoms with Gasteiger partial charge in [0.25, 0.3) is 5.91 Å². The Morgan fingerprint density at radius 3 is 2.27 bits per heavy atom. The molecule has 0 aliphatic heterocycles. The number of thiocarbonyl (C=S) groups is 1. The van der Waals surface area contributed by atoms with Gasteiger partial charge in [-0.15, -0.1) is 0 Å². The summed E-state index contributed by atoms with van der Waals surface area (Å²) in [5, 5.41) is 5.99. The van der Waals surface area contributed by atoms with Crippen LogP contribution in [0.1, 0.15) is 51.4 Å². The van der Waals surface area contributed by atoms with Gasteiger partial charge in [0, 0.05) is 17.8 Å². The van der Waals surface area contributed by atoms with E-state index in [9.17, 15) is 9.59 Å². The van der Waals surface area contributed by atoms with Gasteiger partial charge in [-0.05, 0) is 69.6 Å². The minimum absolute atomic E-state index is 0.332. The van der Waals surface area contributed by atoms with Crippen LogP contribution < -0.4 is 21.5 Å². The number of benzene rings is 1. The van der Waals surface area contributed by atoms with Crippen molar-refractivity contribution in [3.8, 4) is 0 Å². The molecule has 0 radical (unpaired) electrons. The number of rotatable bonds is 5. The second-order valence-electron chi connectivity index (χ2n) is 7.22. The van der Waals surface area contributed by atoms with Gasteiger partial charge < -0.3 is 10.1 Å². The lowest BCUT2D eigenvalue weighted by atomic mass is 10.1. The molecule has 4 N–H and O–H groups in total. The van der Waals surface area contributed by atoms with E-state index >= 15 is 0 Å². The minimum atomic E-state index is -0.572. The van der Waals surface area contributed by atoms with E-state index < -0.39 is 11.7 Å². The van der Waals surface area contributed by atoms with Crippen molar-refractivity contribution in [3.63, 3.8) is 0 Å². The molecule has 1 aromatic rings. The van der Waals surface area contributed by atoms with Gasteiger partial charge in [0.15, 0.2) is 5.11 Å². The van der Waals surface area contributed by atoms with Gasteiger partial charge in [-0.2, -0.15) is 0 Å². The van der Waals surface area contributed by atoms with Crippen molar-refractivity contribution in [3.05, 3.63) is 29.8 Å². The molecule has 0 unspecified atom stereocenters. The fourth-order valence-electron chi connectivity index (χ4n) is 1.83. The molecule has 0 atom stereocenters. The maximum absolute atomic E-state index is 12.1. The number of hydrazine groups is 1. The molecular formula is C18H28N4O3S. The fourth-order valence-corrected chi connectivity index (χ4v) is 1.98. The van der Waals surface area contributed by atoms with Crippen molar-refractivity contribution in [2.24, 2.45) is 5.92 Å². The summed E-state index contributed by atoms with van der Waals surface area (Å²) in [5.74, 6) is 0.245. The lowest BCUT2D eigenvalue weighted by Gasteiger charge is -2.19. The first-order valence-corrected chi connectivity index (χ1v) is 8.92. The van der Waals surface area contributed by atoms with E-state index in [4.69, 9.17) is 17.0 Å². The van der Waals surface area contributed by atoms with Crippen LogP contribution in [0.5, 0.6) is 0 Å². The minimum Gasteiger partial charge on any atom is -0.444 e. The molecule has 2 amide bonds. The average molecular weight is 381 g/mol. The summed E-state index contributed by atoms with van der Waals surface area (Å²) < 4.78 is 5.17. The Labute approximate surface area is 160 Å². The van der Waals surface area contributed by atoms with Crippen LogP contribution in [0.4, 0.5) is 10.5 Å². The number of hydrogen-bond donors (Lipinski definition) is 4. The summed E-state index contributed by atoms with van der Waals surface area (Å²) in [6.07, 6.45) is 0.441. The molecule has 1 rings (SSSR count). The molecule has 0 heterocycles. The molecule has 144 valence electrons. The third kappa shape index (κ3) is 9.22. The Bertz CT molecular complexity index is 624. The monoisotopic (exact) mass is 380 g/mol. The molecule has 0 fully saturated rings. The third-order valence-electron chi connectivity index (χ3n) is 3.09. The summed E-state index contributed by atoms with van der Waals surface area (Å²) in [6, 6.07) is 6.44. The zero-order chi connectivity index (χ0) is 19.7. The van der Waals surface area contributed by atoms with E-state index in [0.717, 1.165) is 13.0 Å². The SMILES string of the molecule is CC(C)CCNC(=S)NNC(=O)c1ccc(NC(=O)OC(C)(C)C)cc1. The molecule has 1 aromatic carbocycles. The fraction of sp³-hybridized carbons (Fsp3) is 0.500. The molecular weight excluding hydrogens is 352 g/mol. The third-order valence-corrected chi connectivity index (χ3v) is 3.34. The lowest BCUT2D eigenvalue weighted by Crippen LogP contribution is -2.47. The second-order valence-corrected chi connectivity index (χ2v) is 7.63. The van der Waals surface area contributed by atoms with Crippen LogP contribution in [0.25, 0.3) is 0 Å². The maximum Gasteiger partial charge on any atom is 0.412 e. The molecule has 0 aliphatic rings. The van der Waals surface area contributed by atoms with Gasteiger partial charge >= 0.3 is 6.09 Å². The average Bonchev–Trinajstić information content (AvgIpc) is 2.51. The van der Waals surface area contributed by atoms with Gasteiger partial charge in [-0.25, -0.2) is 4.79 Å². The zero-order valence-corrected chi connectivity index (χ0v) is 16.8. The van der Waals surface area contributed by atoms with Crippen LogP contribution >= 0.6 is 12.2 Å². The number of ether oxygens (including phenoxy) is 1. The lowest BCUT2D eigenvalue weighted by molar-refractivity contribution is 0.0635. The Morgan fingerprint density at radius 1 is 1.12 bits per heavy atom. The van der Waals surface area contributed by atoms with Crippen LogP contribution in [0.15, 0.2) is 24.3 Å². The highest BCUT2D eigenvalue weighted by atomic mass is 32.1. The van der Waals surface area contributed by atoms with E-state index in [1.54, 1.807) is 45.0 Å². The van der Waals surface area contributed by atoms with E-state index in [1.807, 2.05) is 0 Å². The van der Waals surface area contributed by atoms with Crippen molar-refractivity contribution >= 4 is 35.0 Å². The summed E-state index contributed by atoms with van der Waals surface area (Å²) in [7, 11) is 0. The van der Waals surface area contributed by atoms with Crippen LogP contribution in [0, 0.1) is 5.92 Å². The highest BCUT2D eigenvalue weighted by Gasteiger charge is 2.16. The van der Waals surface area contributed by atoms with Gasteiger partial charge in [-0.1, -0.05) is 13.8 Å². The number of carbonyl (C=O) groups is 2. The van der Waals surface area contributed by atoms with E-state index in [-0.39, 0.29) is 5.91 Å². The van der Waals surface area contributed by atoms with Gasteiger partial charge in [0.05, 0.1) is 0 Å². The van der Waals surface area contributed by atoms with Crippen LogP contribution in [0.2, 0.25) is 0 Å². The maximum atomic E-state index is 12.1. The smallest absolute Gasteiger partial charge is 0.412 e. The van der Waals surface area contributed by atoms with E-state index in [2.05, 4.69) is 35.3 Å². The van der Waals surface area contributed by atoms with Gasteiger partial charge in [0.1, 0.15) is 5.60 Å². The molecule has 0 saturated carbocycles. The van der Waals surface area contributed by atoms with Gasteiger partial charge in [0.2, 0.25) is 0 Å². The largest absolute Gasteiger partial charge is 0.444 e. The van der Waals surface area contributed by atoms with Crippen LogP contribution in [-0.2, 0) is 4.74 Å². The van der Waals surface area contributed by atoms with E-state index in [1.165, 1.54) is 0 Å². The first-order chi connectivity index (χ1) is 12.1. The Hall–Kier alpha value is -2.35. The van der Waals surface area contributed by atoms with Crippen molar-refractivity contribution in [1.82, 2.24) is 16.2 Å². The zero-order valence-electron chi connectivity index (χ0n) is 15.9. The molecule has 0 bridgehead atoms. The molecule has 0 aromatic heterocycles. The summed E-state index contributed by atoms with van der Waals surface area (Å²) >= 11 is 5.09. The van der Waals surface area contributed by atoms with Crippen molar-refractivity contribution in [1.29, 1.82) is 0 Å². The van der Waals surface area contributed by atoms with Crippen molar-refractivity contribution in [2.45, 2.75) is 46.6 Å². The number of anilines is 1. The Balaban J connectivity index is 2.44. The first-order valence-electron chi connectivity index (χ1n) is 8.51. The van der Waals surface area contributed by atoms with Crippen molar-refractivity contribution < 1.29 is 14.3 Å². The molecule has 0 spiro atoms. The van der Waals surface area contributed by atoms with Crippen molar-refractivity contribution in [2.75, 3.05) is 11.9 Å². The number of hydrogen-bond acceptors (Lipinski definition) is 4. The van der Waals surface area contributed by atoms with E-state index in [0.29, 0.717) is 22.3 Å². The summed E-state index contributed by atoms with van der Waals surface area (Å²) in [5.41, 5.74) is 5.57. The summed E-state index contributed by atoms with van der Waals surface area (Å²) in [4.78, 5) is 23.8. The Kier molecular flexibility index (Phi) is 8.31. The standard InChI is InChI=1S/C18H28N4O3S/c1-12(2)10-11-19-16(26)22-21-15(23)13-6-8-14(9-7-13)20-17(24)25-18(3,4)5/h6-9,12H,10-11H2,1-5H3,(H,20,24)(H,21,23)(H2,19,22,26). The molecule has 0 aliphatic carbocycles. The first kappa shape index (κ1) is 21.7. The predicted octanol–water partition coefficient (Wildman–Crippen LogP) is 3.19. The number of nitrogens with one attached hydrogen (secondary N) is 4. The molecule has 0 saturated heterocycles. The highest BCUT2D eigenvalue weighted by Crippen LogP contribution is 2.12. The Morgan fingerprint density at radius 2 is 1.73 bits per heavy atom. The van der Waals surface area contributed by atoms with Gasteiger partial charge in [-0.3, -0.25) is 21.0 Å². The number of carbonyl (C=O) groups excluding carboxylic acids is 2. The predicted molar refractivity (Wildman–Crippen MR) is 107 cm³/mol. The topological polar surface area (TPSA) is 91.5 Å². The molecule has 8 heteroatoms. The van der Waals surface area contributed by atoms with Crippen LogP contribution in [0.3, 0.4) is 0 Å². The second kappa shape index (κ2) is 9.96. The molecule has 7 nitrogen and oxygen atoms in total. The summed E-state index contributed by atoms with van der Waals surface area (Å²) in [6.45, 7) is 10.4.